The summed E-state index contributed by atoms with van der Waals surface area (Å²) in [4.78, 5) is 37.6. The van der Waals surface area contributed by atoms with Crippen molar-refractivity contribution in [3.8, 4) is 0 Å². The third kappa shape index (κ3) is 12.9. The average Bonchev–Trinajstić information content (AvgIpc) is 3.21. The van der Waals surface area contributed by atoms with E-state index in [1.165, 1.54) is 32.4 Å². The van der Waals surface area contributed by atoms with Crippen molar-refractivity contribution in [1.82, 2.24) is 10.2 Å². The highest BCUT2D eigenvalue weighted by atomic mass is 19.1. The number of hydrogen-bond acceptors (Lipinski definition) is 6. The molecule has 1 aromatic rings. The molecule has 0 aromatic heterocycles. The quantitative estimate of drug-likeness (QED) is 0.354. The Bertz CT molecular complexity index is 842. The van der Waals surface area contributed by atoms with Crippen LogP contribution in [0.3, 0.4) is 0 Å². The molecule has 0 bridgehead atoms. The van der Waals surface area contributed by atoms with Crippen LogP contribution in [0.1, 0.15) is 92.9 Å². The summed E-state index contributed by atoms with van der Waals surface area (Å²) in [6.45, 7) is 16.4. The van der Waals surface area contributed by atoms with Gasteiger partial charge >= 0.3 is 5.97 Å². The van der Waals surface area contributed by atoms with Crippen LogP contribution in [0.15, 0.2) is 24.3 Å². The third-order valence-electron chi connectivity index (χ3n) is 6.98. The maximum Gasteiger partial charge on any atom is 0.312 e. The van der Waals surface area contributed by atoms with Gasteiger partial charge in [0.05, 0.1) is 12.0 Å². The van der Waals surface area contributed by atoms with E-state index in [1.807, 2.05) is 12.1 Å². The number of nitrogens with one attached hydrogen (secondary N) is 1. The fourth-order valence-corrected chi connectivity index (χ4v) is 4.98. The van der Waals surface area contributed by atoms with Crippen molar-refractivity contribution in [3.63, 3.8) is 0 Å². The number of benzene rings is 1. The molecule has 0 radical (unpaired) electrons. The largest absolute Gasteiger partial charge is 0.462 e. The van der Waals surface area contributed by atoms with Gasteiger partial charge in [-0.2, -0.15) is 0 Å². The topological polar surface area (TPSA) is 79.0 Å². The Labute approximate surface area is 235 Å². The SMILES string of the molecule is CC(=O)CNC(C)=O.CCC.CCCCC1(CCC)C[C@H](CCN2CCN(c3ccc(F)cc3)CC2)OC1=O. The van der Waals surface area contributed by atoms with Crippen molar-refractivity contribution in [1.29, 1.82) is 0 Å². The average molecular weight is 550 g/mol. The molecular formula is C31H52FN3O4. The van der Waals surface area contributed by atoms with Gasteiger partial charge in [-0.3, -0.25) is 19.3 Å². The minimum atomic E-state index is -0.225. The molecule has 39 heavy (non-hydrogen) atoms. The first-order chi connectivity index (χ1) is 18.6. The number of amides is 1. The highest BCUT2D eigenvalue weighted by molar-refractivity contribution is 5.83. The van der Waals surface area contributed by atoms with Crippen molar-refractivity contribution < 1.29 is 23.5 Å². The lowest BCUT2D eigenvalue weighted by atomic mass is 9.76. The molecule has 2 saturated heterocycles. The van der Waals surface area contributed by atoms with Crippen molar-refractivity contribution in [2.75, 3.05) is 44.2 Å². The summed E-state index contributed by atoms with van der Waals surface area (Å²) in [6.07, 6.45) is 8.36. The number of anilines is 1. The smallest absolute Gasteiger partial charge is 0.312 e. The maximum absolute atomic E-state index is 13.1. The molecule has 2 fully saturated rings. The van der Waals surface area contributed by atoms with E-state index in [2.05, 4.69) is 42.8 Å². The second-order valence-electron chi connectivity index (χ2n) is 10.8. The first-order valence-electron chi connectivity index (χ1n) is 14.8. The molecular weight excluding hydrogens is 497 g/mol. The van der Waals surface area contributed by atoms with Gasteiger partial charge in [-0.05, 0) is 50.5 Å². The number of nitrogens with zero attached hydrogens (tertiary/aromatic N) is 2. The molecule has 3 rings (SSSR count). The molecule has 2 heterocycles. The summed E-state index contributed by atoms with van der Waals surface area (Å²) in [5, 5.41) is 2.36. The first kappa shape index (κ1) is 34.5. The van der Waals surface area contributed by atoms with Crippen molar-refractivity contribution >= 4 is 23.3 Å². The summed E-state index contributed by atoms with van der Waals surface area (Å²) >= 11 is 0. The number of ketones is 1. The van der Waals surface area contributed by atoms with E-state index in [0.717, 1.165) is 83.4 Å². The van der Waals surface area contributed by atoms with Crippen molar-refractivity contribution in [2.45, 2.75) is 99.0 Å². The number of Topliss-reactive ketones (excluding diaryl/α,β-unsaturated/α-hetero) is 1. The summed E-state index contributed by atoms with van der Waals surface area (Å²) in [7, 11) is 0. The second kappa shape index (κ2) is 18.7. The Morgan fingerprint density at radius 3 is 2.10 bits per heavy atom. The molecule has 222 valence electrons. The molecule has 8 heteroatoms. The van der Waals surface area contributed by atoms with Crippen LogP contribution in [0, 0.1) is 11.2 Å². The van der Waals surface area contributed by atoms with Gasteiger partial charge < -0.3 is 15.0 Å². The molecule has 0 aliphatic carbocycles. The zero-order valence-electron chi connectivity index (χ0n) is 25.2. The lowest BCUT2D eigenvalue weighted by Crippen LogP contribution is -2.47. The Hall–Kier alpha value is -2.48. The molecule has 7 nitrogen and oxygen atoms in total. The minimum absolute atomic E-state index is 0.0276. The van der Waals surface area contributed by atoms with Gasteiger partial charge in [0.15, 0.2) is 0 Å². The highest BCUT2D eigenvalue weighted by Crippen LogP contribution is 2.43. The monoisotopic (exact) mass is 549 g/mol. The molecule has 2 atom stereocenters. The van der Waals surface area contributed by atoms with E-state index in [0.29, 0.717) is 0 Å². The van der Waals surface area contributed by atoms with Crippen LogP contribution < -0.4 is 10.2 Å². The number of cyclic esters (lactones) is 1. The molecule has 2 aliphatic heterocycles. The summed E-state index contributed by atoms with van der Waals surface area (Å²) in [6, 6.07) is 6.76. The highest BCUT2D eigenvalue weighted by Gasteiger charge is 2.47. The summed E-state index contributed by atoms with van der Waals surface area (Å²) < 4.78 is 18.9. The fraction of sp³-hybridized carbons (Fsp3) is 0.710. The van der Waals surface area contributed by atoms with Gasteiger partial charge in [0, 0.05) is 51.8 Å². The predicted molar refractivity (Wildman–Crippen MR) is 156 cm³/mol. The predicted octanol–water partition coefficient (Wildman–Crippen LogP) is 5.76. The van der Waals surface area contributed by atoms with Gasteiger partial charge in [0.2, 0.25) is 5.91 Å². The first-order valence-corrected chi connectivity index (χ1v) is 14.8. The molecule has 1 unspecified atom stereocenters. The number of ether oxygens (including phenoxy) is 1. The number of rotatable bonds is 11. The van der Waals surface area contributed by atoms with Crippen LogP contribution in [0.25, 0.3) is 0 Å². The van der Waals surface area contributed by atoms with Gasteiger partial charge in [-0.1, -0.05) is 53.4 Å². The van der Waals surface area contributed by atoms with Crippen LogP contribution in [0.4, 0.5) is 10.1 Å². The fourth-order valence-electron chi connectivity index (χ4n) is 4.98. The Morgan fingerprint density at radius 2 is 1.62 bits per heavy atom. The molecule has 2 aliphatic rings. The number of esters is 1. The third-order valence-corrected chi connectivity index (χ3v) is 6.98. The lowest BCUT2D eigenvalue weighted by Gasteiger charge is -2.36. The molecule has 0 saturated carbocycles. The van der Waals surface area contributed by atoms with E-state index in [1.54, 1.807) is 0 Å². The Kier molecular flexibility index (Phi) is 16.6. The number of carbonyl (C=O) groups is 3. The number of hydrogen-bond donors (Lipinski definition) is 1. The maximum atomic E-state index is 13.1. The summed E-state index contributed by atoms with van der Waals surface area (Å²) in [5.41, 5.74) is 0.863. The second-order valence-corrected chi connectivity index (χ2v) is 10.8. The van der Waals surface area contributed by atoms with Crippen LogP contribution in [-0.4, -0.2) is 67.9 Å². The van der Waals surface area contributed by atoms with E-state index < -0.39 is 0 Å². The van der Waals surface area contributed by atoms with Crippen LogP contribution in [0.5, 0.6) is 0 Å². The molecule has 1 aromatic carbocycles. The normalized spacial score (nSPS) is 20.7. The van der Waals surface area contributed by atoms with E-state index in [9.17, 15) is 18.8 Å². The Morgan fingerprint density at radius 1 is 1.00 bits per heavy atom. The standard InChI is InChI=1S/C23H35FN2O2.C5H9NO2.C3H8/c1-3-5-12-23(11-4-2)18-21(28-22(23)27)10-13-25-14-16-26(17-15-25)20-8-6-19(24)7-9-20;1-4(7)3-6-5(2)8;1-3-2/h6-9,21H,3-5,10-18H2,1-2H3;3H2,1-2H3,(H,6,8);3H2,1-2H3/t21-,23?;;/m0../s1. The zero-order valence-corrected chi connectivity index (χ0v) is 25.2. The number of carbonyl (C=O) groups excluding carboxylic acids is 3. The van der Waals surface area contributed by atoms with E-state index >= 15 is 0 Å². The van der Waals surface area contributed by atoms with E-state index in [4.69, 9.17) is 4.74 Å². The van der Waals surface area contributed by atoms with Gasteiger partial charge in [-0.15, -0.1) is 0 Å². The van der Waals surface area contributed by atoms with Crippen molar-refractivity contribution in [3.05, 3.63) is 30.1 Å². The zero-order chi connectivity index (χ0) is 29.3. The molecule has 0 spiro atoms. The van der Waals surface area contributed by atoms with Crippen LogP contribution in [0.2, 0.25) is 0 Å². The van der Waals surface area contributed by atoms with Crippen molar-refractivity contribution in [2.24, 2.45) is 5.41 Å². The van der Waals surface area contributed by atoms with Gasteiger partial charge in [0.25, 0.3) is 0 Å². The lowest BCUT2D eigenvalue weighted by molar-refractivity contribution is -0.149. The number of halogens is 1. The van der Waals surface area contributed by atoms with Crippen LogP contribution >= 0.6 is 0 Å². The van der Waals surface area contributed by atoms with Gasteiger partial charge in [-0.25, -0.2) is 4.39 Å². The number of piperazine rings is 1. The minimum Gasteiger partial charge on any atom is -0.462 e. The molecule has 1 amide bonds. The Balaban J connectivity index is 0.000000587. The van der Waals surface area contributed by atoms with E-state index in [-0.39, 0.29) is 41.5 Å². The molecule has 1 N–H and O–H groups in total. The number of unbranched alkanes of at least 4 members (excludes halogenated alkanes) is 1. The van der Waals surface area contributed by atoms with Gasteiger partial charge in [0.1, 0.15) is 17.7 Å². The summed E-state index contributed by atoms with van der Waals surface area (Å²) in [5.74, 6) is -0.332. The van der Waals surface area contributed by atoms with Crippen LogP contribution in [-0.2, 0) is 19.1 Å².